The van der Waals surface area contributed by atoms with E-state index < -0.39 is 0 Å². The summed E-state index contributed by atoms with van der Waals surface area (Å²) in [7, 11) is 2.07. The van der Waals surface area contributed by atoms with Gasteiger partial charge in [0.1, 0.15) is 6.10 Å². The van der Waals surface area contributed by atoms with Gasteiger partial charge >= 0.3 is 5.97 Å². The van der Waals surface area contributed by atoms with Crippen LogP contribution < -0.4 is 0 Å². The van der Waals surface area contributed by atoms with E-state index in [1.165, 1.54) is 6.92 Å². The van der Waals surface area contributed by atoms with Crippen molar-refractivity contribution in [2.45, 2.75) is 25.9 Å². The number of ketones is 1. The van der Waals surface area contributed by atoms with Gasteiger partial charge in [0.05, 0.1) is 5.56 Å². The number of nitrogens with zero attached hydrogens (tertiary/aromatic N) is 1. The van der Waals surface area contributed by atoms with E-state index in [0.29, 0.717) is 11.1 Å². The number of carbonyl (C=O) groups is 2. The van der Waals surface area contributed by atoms with E-state index in [1.54, 1.807) is 24.3 Å². The van der Waals surface area contributed by atoms with E-state index in [4.69, 9.17) is 4.74 Å². The molecule has 0 bridgehead atoms. The molecule has 19 heavy (non-hydrogen) atoms. The van der Waals surface area contributed by atoms with Crippen molar-refractivity contribution in [3.63, 3.8) is 0 Å². The Morgan fingerprint density at radius 2 is 1.63 bits per heavy atom. The topological polar surface area (TPSA) is 46.6 Å². The largest absolute Gasteiger partial charge is 0.459 e. The number of likely N-dealkylation sites (tertiary alicyclic amines) is 1. The predicted molar refractivity (Wildman–Crippen MR) is 72.4 cm³/mol. The fourth-order valence-electron chi connectivity index (χ4n) is 2.16. The van der Waals surface area contributed by atoms with E-state index in [1.807, 2.05) is 0 Å². The molecule has 0 atom stereocenters. The summed E-state index contributed by atoms with van der Waals surface area (Å²) in [5.41, 5.74) is 1.11. The Morgan fingerprint density at radius 3 is 2.16 bits per heavy atom. The lowest BCUT2D eigenvalue weighted by atomic mass is 10.1. The van der Waals surface area contributed by atoms with Gasteiger partial charge in [-0.1, -0.05) is 12.1 Å². The number of piperidine rings is 1. The van der Waals surface area contributed by atoms with E-state index in [2.05, 4.69) is 11.9 Å². The van der Waals surface area contributed by atoms with Crippen LogP contribution in [0.3, 0.4) is 0 Å². The Hall–Kier alpha value is -1.68. The Labute approximate surface area is 113 Å². The van der Waals surface area contributed by atoms with Gasteiger partial charge in [-0.05, 0) is 38.9 Å². The van der Waals surface area contributed by atoms with Crippen molar-refractivity contribution in [2.24, 2.45) is 0 Å². The molecule has 0 amide bonds. The molecular formula is C15H19NO3. The molecule has 0 unspecified atom stereocenters. The van der Waals surface area contributed by atoms with E-state index in [9.17, 15) is 9.59 Å². The third kappa shape index (κ3) is 3.64. The lowest BCUT2D eigenvalue weighted by Crippen LogP contribution is -2.35. The minimum atomic E-state index is -0.301. The van der Waals surface area contributed by atoms with Gasteiger partial charge in [0.2, 0.25) is 0 Å². The third-order valence-corrected chi connectivity index (χ3v) is 3.47. The Bertz CT molecular complexity index is 459. The molecule has 2 rings (SSSR count). The van der Waals surface area contributed by atoms with Crippen molar-refractivity contribution in [2.75, 3.05) is 20.1 Å². The lowest BCUT2D eigenvalue weighted by Gasteiger charge is -2.28. The summed E-state index contributed by atoms with van der Waals surface area (Å²) < 4.78 is 5.48. The Morgan fingerprint density at radius 1 is 1.11 bits per heavy atom. The van der Waals surface area contributed by atoms with E-state index in [0.717, 1.165) is 25.9 Å². The molecule has 4 heteroatoms. The van der Waals surface area contributed by atoms with Crippen LogP contribution in [-0.4, -0.2) is 42.9 Å². The zero-order chi connectivity index (χ0) is 13.8. The van der Waals surface area contributed by atoms with E-state index >= 15 is 0 Å². The fraction of sp³-hybridized carbons (Fsp3) is 0.467. The molecular weight excluding hydrogens is 242 g/mol. The maximum Gasteiger partial charge on any atom is 0.338 e. The second-order valence-corrected chi connectivity index (χ2v) is 5.04. The number of rotatable bonds is 3. The first-order valence-corrected chi connectivity index (χ1v) is 6.57. The van der Waals surface area contributed by atoms with Gasteiger partial charge in [-0.25, -0.2) is 4.79 Å². The standard InChI is InChI=1S/C15H19NO3/c1-11(17)12-3-5-13(6-4-12)15(18)19-14-7-9-16(2)10-8-14/h3-6,14H,7-10H2,1-2H3. The number of Topliss-reactive ketones (excluding diaryl/α,β-unsaturated/α-hetero) is 1. The summed E-state index contributed by atoms with van der Waals surface area (Å²) in [6.07, 6.45) is 1.78. The van der Waals surface area contributed by atoms with E-state index in [-0.39, 0.29) is 17.9 Å². The van der Waals surface area contributed by atoms with Gasteiger partial charge in [0.25, 0.3) is 0 Å². The van der Waals surface area contributed by atoms with Crippen LogP contribution in [0.25, 0.3) is 0 Å². The van der Waals surface area contributed by atoms with Gasteiger partial charge in [0, 0.05) is 18.7 Å². The molecule has 0 N–H and O–H groups in total. The van der Waals surface area contributed by atoms with Crippen molar-refractivity contribution in [3.8, 4) is 0 Å². The Kier molecular flexibility index (Phi) is 4.32. The van der Waals surface area contributed by atoms with Gasteiger partial charge in [-0.3, -0.25) is 4.79 Å². The number of carbonyl (C=O) groups excluding carboxylic acids is 2. The summed E-state index contributed by atoms with van der Waals surface area (Å²) in [6.45, 7) is 3.42. The molecule has 0 spiro atoms. The first-order valence-electron chi connectivity index (χ1n) is 6.57. The minimum Gasteiger partial charge on any atom is -0.459 e. The van der Waals surface area contributed by atoms with Crippen molar-refractivity contribution in [1.29, 1.82) is 0 Å². The third-order valence-electron chi connectivity index (χ3n) is 3.47. The summed E-state index contributed by atoms with van der Waals surface area (Å²) in [6, 6.07) is 6.61. The fourth-order valence-corrected chi connectivity index (χ4v) is 2.16. The molecule has 0 radical (unpaired) electrons. The van der Waals surface area contributed by atoms with Crippen molar-refractivity contribution < 1.29 is 14.3 Å². The normalized spacial score (nSPS) is 17.2. The van der Waals surface area contributed by atoms with Crippen LogP contribution in [0.4, 0.5) is 0 Å². The van der Waals surface area contributed by atoms with Crippen LogP contribution in [-0.2, 0) is 4.74 Å². The summed E-state index contributed by atoms with van der Waals surface area (Å²) in [4.78, 5) is 25.3. The highest BCUT2D eigenvalue weighted by Gasteiger charge is 2.20. The van der Waals surface area contributed by atoms with Gasteiger partial charge in [0.15, 0.2) is 5.78 Å². The molecule has 4 nitrogen and oxygen atoms in total. The first-order chi connectivity index (χ1) is 9.06. The van der Waals surface area contributed by atoms with Crippen LogP contribution in [0.2, 0.25) is 0 Å². The highest BCUT2D eigenvalue weighted by atomic mass is 16.5. The number of hydrogen-bond donors (Lipinski definition) is 0. The molecule has 1 aromatic rings. The number of ether oxygens (including phenoxy) is 1. The number of hydrogen-bond acceptors (Lipinski definition) is 4. The van der Waals surface area contributed by atoms with Gasteiger partial charge in [-0.2, -0.15) is 0 Å². The maximum absolute atomic E-state index is 12.0. The SMILES string of the molecule is CC(=O)c1ccc(C(=O)OC2CCN(C)CC2)cc1. The molecule has 1 saturated heterocycles. The van der Waals surface area contributed by atoms with Crippen molar-refractivity contribution in [1.82, 2.24) is 4.90 Å². The number of esters is 1. The predicted octanol–water partition coefficient (Wildman–Crippen LogP) is 2.14. The molecule has 1 aliphatic heterocycles. The average molecular weight is 261 g/mol. The van der Waals surface area contributed by atoms with Crippen LogP contribution in [0.15, 0.2) is 24.3 Å². The molecule has 0 aliphatic carbocycles. The molecule has 0 aromatic heterocycles. The highest BCUT2D eigenvalue weighted by Crippen LogP contribution is 2.15. The zero-order valence-electron chi connectivity index (χ0n) is 11.4. The smallest absolute Gasteiger partial charge is 0.338 e. The van der Waals surface area contributed by atoms with Crippen LogP contribution >= 0.6 is 0 Å². The van der Waals surface area contributed by atoms with Crippen LogP contribution in [0.5, 0.6) is 0 Å². The second-order valence-electron chi connectivity index (χ2n) is 5.04. The first kappa shape index (κ1) is 13.7. The van der Waals surface area contributed by atoms with Crippen molar-refractivity contribution >= 4 is 11.8 Å². The quantitative estimate of drug-likeness (QED) is 0.618. The molecule has 102 valence electrons. The molecule has 0 saturated carbocycles. The summed E-state index contributed by atoms with van der Waals surface area (Å²) >= 11 is 0. The van der Waals surface area contributed by atoms with Gasteiger partial charge in [-0.15, -0.1) is 0 Å². The molecule has 1 aliphatic rings. The van der Waals surface area contributed by atoms with Crippen LogP contribution in [0, 0.1) is 0 Å². The average Bonchev–Trinajstić information content (AvgIpc) is 2.41. The molecule has 1 aromatic carbocycles. The lowest BCUT2D eigenvalue weighted by molar-refractivity contribution is 0.0139. The monoisotopic (exact) mass is 261 g/mol. The Balaban J connectivity index is 1.94. The zero-order valence-corrected chi connectivity index (χ0v) is 11.4. The van der Waals surface area contributed by atoms with Gasteiger partial charge < -0.3 is 9.64 Å². The second kappa shape index (κ2) is 5.97. The minimum absolute atomic E-state index is 0.00441. The number of benzene rings is 1. The maximum atomic E-state index is 12.0. The van der Waals surface area contributed by atoms with Crippen molar-refractivity contribution in [3.05, 3.63) is 35.4 Å². The molecule has 1 heterocycles. The highest BCUT2D eigenvalue weighted by molar-refractivity contribution is 5.96. The van der Waals surface area contributed by atoms with Crippen LogP contribution in [0.1, 0.15) is 40.5 Å². The summed E-state index contributed by atoms with van der Waals surface area (Å²) in [5.74, 6) is -0.306. The summed E-state index contributed by atoms with van der Waals surface area (Å²) in [5, 5.41) is 0. The molecule has 1 fully saturated rings.